The Morgan fingerprint density at radius 1 is 0.426 bits per heavy atom. The largest absolute Gasteiger partial charge is 0.508 e. The van der Waals surface area contributed by atoms with Crippen LogP contribution in [-0.4, -0.2) is 32.3 Å². The minimum absolute atomic E-state index is 0.00514. The summed E-state index contributed by atoms with van der Waals surface area (Å²) in [7, 11) is 0. The average molecular weight is 754 g/mol. The zero-order chi connectivity index (χ0) is 38.2. The van der Waals surface area contributed by atoms with Crippen LogP contribution < -0.4 is 11.5 Å². The summed E-state index contributed by atoms with van der Waals surface area (Å²) in [5, 5.41) is 45.4. The molecule has 7 aromatic rings. The smallest absolute Gasteiger partial charge is 0.170 e. The van der Waals surface area contributed by atoms with Crippen LogP contribution >= 0.6 is 23.2 Å². The van der Waals surface area contributed by atoms with E-state index in [9.17, 15) is 15.4 Å². The van der Waals surface area contributed by atoms with Crippen molar-refractivity contribution in [3.8, 4) is 67.1 Å². The second kappa shape index (κ2) is 16.7. The normalized spacial score (nSPS) is 11.4. The van der Waals surface area contributed by atoms with Gasteiger partial charge in [-0.1, -0.05) is 149 Å². The molecule has 0 aliphatic carbocycles. The number of hydrogen-bond donors (Lipinski definition) is 6. The van der Waals surface area contributed by atoms with Crippen molar-refractivity contribution in [2.45, 2.75) is 0 Å². The molecule has 0 heterocycles. The van der Waals surface area contributed by atoms with Gasteiger partial charge in [-0.15, -0.1) is 0 Å². The lowest BCUT2D eigenvalue weighted by atomic mass is 9.86. The summed E-state index contributed by atoms with van der Waals surface area (Å²) in [5.74, 6) is 0.323. The van der Waals surface area contributed by atoms with Crippen molar-refractivity contribution in [3.63, 3.8) is 0 Å². The van der Waals surface area contributed by atoms with Gasteiger partial charge in [0.15, 0.2) is 11.7 Å². The van der Waals surface area contributed by atoms with Crippen molar-refractivity contribution >= 4 is 34.9 Å². The first-order valence-corrected chi connectivity index (χ1v) is 17.4. The van der Waals surface area contributed by atoms with Crippen LogP contribution in [-0.2, 0) is 0 Å². The molecule has 0 aromatic heterocycles. The van der Waals surface area contributed by atoms with Crippen LogP contribution in [0.3, 0.4) is 0 Å². The highest BCUT2D eigenvalue weighted by atomic mass is 35.5. The summed E-state index contributed by atoms with van der Waals surface area (Å²) in [6.07, 6.45) is 0. The lowest BCUT2D eigenvalue weighted by molar-refractivity contribution is 0.318. The molecule has 0 bridgehead atoms. The molecule has 8 nitrogen and oxygen atoms in total. The Kier molecular flexibility index (Phi) is 11.5. The van der Waals surface area contributed by atoms with Gasteiger partial charge in [-0.3, -0.25) is 0 Å². The maximum atomic E-state index is 9.77. The number of nitrogens with two attached hydrogens (primary N) is 2. The van der Waals surface area contributed by atoms with E-state index in [0.717, 1.165) is 55.6 Å². The van der Waals surface area contributed by atoms with Crippen LogP contribution in [0.5, 0.6) is 11.5 Å². The number of phenolic OH excluding ortho intramolecular Hbond substituents is 2. The summed E-state index contributed by atoms with van der Waals surface area (Å²) >= 11 is 13.5. The van der Waals surface area contributed by atoms with Crippen molar-refractivity contribution < 1.29 is 20.6 Å². The minimum Gasteiger partial charge on any atom is -0.508 e. The van der Waals surface area contributed by atoms with E-state index in [2.05, 4.69) is 10.3 Å². The Labute approximate surface area is 322 Å². The topological polar surface area (TPSA) is 158 Å². The number of halogens is 2. The Morgan fingerprint density at radius 3 is 1.28 bits per heavy atom. The van der Waals surface area contributed by atoms with Gasteiger partial charge in [0.05, 0.1) is 5.02 Å². The molecule has 0 atom stereocenters. The van der Waals surface area contributed by atoms with Crippen LogP contribution in [0.15, 0.2) is 168 Å². The Hall–Kier alpha value is -6.74. The maximum Gasteiger partial charge on any atom is 0.170 e. The number of hydrogen-bond acceptors (Lipinski definition) is 6. The minimum atomic E-state index is -0.0114. The van der Waals surface area contributed by atoms with Gasteiger partial charge >= 0.3 is 0 Å². The Balaban J connectivity index is 0.000000189. The van der Waals surface area contributed by atoms with Gasteiger partial charge in [-0.25, -0.2) is 0 Å². The molecule has 8 N–H and O–H groups in total. The number of nitrogens with zero attached hydrogens (tertiary/aromatic N) is 2. The third-order valence-corrected chi connectivity index (χ3v) is 9.42. The first-order chi connectivity index (χ1) is 26.2. The highest BCUT2D eigenvalue weighted by Gasteiger charge is 2.23. The number of phenols is 2. The van der Waals surface area contributed by atoms with E-state index in [1.54, 1.807) is 60.7 Å². The van der Waals surface area contributed by atoms with Crippen LogP contribution in [0.4, 0.5) is 0 Å². The van der Waals surface area contributed by atoms with Crippen molar-refractivity contribution in [1.82, 2.24) is 0 Å². The standard InChI is InChI=1S/C25H19ClN2O2.C19H15ClN2O2/c26-24-20(16-7-3-1-4-8-16)15-21(25(27)28-30)22(17-9-5-2-6-10-17)23(24)18-11-13-19(29)14-12-18;20-16-11-10-15(19(21)22-24)17(12-4-2-1-3-5-12)18(16)13-6-8-14(23)9-7-13/h1-15,29-30H,(H2,27,28);1-11,23-24H,(H2,21,22). The van der Waals surface area contributed by atoms with E-state index < -0.39 is 0 Å². The van der Waals surface area contributed by atoms with Crippen LogP contribution in [0, 0.1) is 0 Å². The van der Waals surface area contributed by atoms with E-state index in [0.29, 0.717) is 21.2 Å². The van der Waals surface area contributed by atoms with Crippen molar-refractivity contribution in [3.05, 3.63) is 179 Å². The van der Waals surface area contributed by atoms with Crippen molar-refractivity contribution in [2.75, 3.05) is 0 Å². The zero-order valence-electron chi connectivity index (χ0n) is 28.6. The van der Waals surface area contributed by atoms with E-state index in [1.165, 1.54) is 0 Å². The number of oxime groups is 2. The second-order valence-corrected chi connectivity index (χ2v) is 12.8. The number of benzene rings is 7. The summed E-state index contributed by atoms with van der Waals surface area (Å²) in [6.45, 7) is 0. The molecule has 0 amide bonds. The van der Waals surface area contributed by atoms with E-state index in [1.807, 2.05) is 97.1 Å². The van der Waals surface area contributed by atoms with Gasteiger partial charge < -0.3 is 32.1 Å². The quantitative estimate of drug-likeness (QED) is 0.0412. The van der Waals surface area contributed by atoms with E-state index in [4.69, 9.17) is 39.9 Å². The molecule has 7 aromatic carbocycles. The SMILES string of the molecule is NC(=NO)c1cc(-c2ccccc2)c(Cl)c(-c2ccc(O)cc2)c1-c1ccccc1.NC(=NO)c1ccc(Cl)c(-c2ccc(O)cc2)c1-c1ccccc1. The summed E-state index contributed by atoms with van der Waals surface area (Å²) in [6, 6.07) is 47.8. The molecule has 0 radical (unpaired) electrons. The van der Waals surface area contributed by atoms with E-state index in [-0.39, 0.29) is 23.2 Å². The predicted octanol–water partition coefficient (Wildman–Crippen LogP) is 10.6. The fraction of sp³-hybridized carbons (Fsp3) is 0. The molecule has 10 heteroatoms. The van der Waals surface area contributed by atoms with Gasteiger partial charge in [0, 0.05) is 44.0 Å². The molecule has 0 unspecified atom stereocenters. The van der Waals surface area contributed by atoms with Gasteiger partial charge in [0.2, 0.25) is 0 Å². The molecule has 0 aliphatic rings. The monoisotopic (exact) mass is 752 g/mol. The zero-order valence-corrected chi connectivity index (χ0v) is 30.1. The third-order valence-electron chi connectivity index (χ3n) is 8.71. The number of aromatic hydroxyl groups is 2. The highest BCUT2D eigenvalue weighted by molar-refractivity contribution is 6.37. The molecule has 7 rings (SSSR count). The molecule has 0 saturated carbocycles. The van der Waals surface area contributed by atoms with Crippen molar-refractivity contribution in [2.24, 2.45) is 21.8 Å². The lowest BCUT2D eigenvalue weighted by Crippen LogP contribution is -2.15. The maximum absolute atomic E-state index is 9.77. The first kappa shape index (κ1) is 37.0. The highest BCUT2D eigenvalue weighted by Crippen LogP contribution is 2.46. The second-order valence-electron chi connectivity index (χ2n) is 12.0. The Bertz CT molecular complexity index is 2440. The third kappa shape index (κ3) is 7.85. The molecule has 0 spiro atoms. The molecule has 268 valence electrons. The predicted molar refractivity (Wildman–Crippen MR) is 218 cm³/mol. The molecule has 0 fully saturated rings. The van der Waals surface area contributed by atoms with Crippen LogP contribution in [0.2, 0.25) is 10.0 Å². The lowest BCUT2D eigenvalue weighted by Gasteiger charge is -2.20. The number of amidine groups is 2. The molecule has 0 saturated heterocycles. The molecular weight excluding hydrogens is 719 g/mol. The van der Waals surface area contributed by atoms with E-state index >= 15 is 0 Å². The van der Waals surface area contributed by atoms with Gasteiger partial charge in [0.25, 0.3) is 0 Å². The molecular formula is C44H34Cl2N4O4. The van der Waals surface area contributed by atoms with Crippen LogP contribution in [0.1, 0.15) is 11.1 Å². The van der Waals surface area contributed by atoms with Gasteiger partial charge in [0.1, 0.15) is 11.5 Å². The molecule has 0 aliphatic heterocycles. The molecule has 54 heavy (non-hydrogen) atoms. The van der Waals surface area contributed by atoms with Gasteiger partial charge in [-0.2, -0.15) is 0 Å². The van der Waals surface area contributed by atoms with Crippen LogP contribution in [0.25, 0.3) is 55.6 Å². The summed E-state index contributed by atoms with van der Waals surface area (Å²) < 4.78 is 0. The van der Waals surface area contributed by atoms with Gasteiger partial charge in [-0.05, 0) is 70.3 Å². The fourth-order valence-corrected chi connectivity index (χ4v) is 6.84. The summed E-state index contributed by atoms with van der Waals surface area (Å²) in [4.78, 5) is 0. The number of rotatable bonds is 7. The first-order valence-electron chi connectivity index (χ1n) is 16.6. The van der Waals surface area contributed by atoms with Crippen molar-refractivity contribution in [1.29, 1.82) is 0 Å². The fourth-order valence-electron chi connectivity index (χ4n) is 6.21. The summed E-state index contributed by atoms with van der Waals surface area (Å²) in [5.41, 5.74) is 21.2. The Morgan fingerprint density at radius 2 is 0.815 bits per heavy atom. The average Bonchev–Trinajstić information content (AvgIpc) is 3.22.